The minimum atomic E-state index is -0.612. The van der Waals surface area contributed by atoms with E-state index in [0.717, 1.165) is 29.4 Å². The van der Waals surface area contributed by atoms with Crippen LogP contribution < -0.4 is 16.2 Å². The van der Waals surface area contributed by atoms with E-state index in [2.05, 4.69) is 10.6 Å². The molecule has 0 spiro atoms. The molecule has 0 radical (unpaired) electrons. The number of rotatable bonds is 7. The standard InChI is InChI=1S/C11H16N4O4.ClH/c1-2-12-5-6-13-10(16)8-14-7-9(15(18)19)3-4-11(14)17;/h3-4,7,12H,2,5-6,8H2,1H3,(H,13,16);1H. The second-order valence-electron chi connectivity index (χ2n) is 3.81. The Hall–Kier alpha value is -1.93. The molecular weight excluding hydrogens is 288 g/mol. The first-order valence-electron chi connectivity index (χ1n) is 5.87. The fourth-order valence-electron chi connectivity index (χ4n) is 1.43. The molecule has 1 amide bonds. The highest BCUT2D eigenvalue weighted by Gasteiger charge is 2.10. The third kappa shape index (κ3) is 5.81. The van der Waals surface area contributed by atoms with Gasteiger partial charge in [-0.3, -0.25) is 24.3 Å². The molecule has 0 saturated carbocycles. The Kier molecular flexibility index (Phi) is 8.18. The number of nitro groups is 1. The molecule has 1 aromatic rings. The van der Waals surface area contributed by atoms with Crippen LogP contribution in [-0.4, -0.2) is 35.0 Å². The molecular formula is C11H17ClN4O4. The highest BCUT2D eigenvalue weighted by molar-refractivity contribution is 5.85. The first-order chi connectivity index (χ1) is 9.04. The monoisotopic (exact) mass is 304 g/mol. The number of hydrogen-bond acceptors (Lipinski definition) is 5. The molecule has 8 nitrogen and oxygen atoms in total. The van der Waals surface area contributed by atoms with E-state index >= 15 is 0 Å². The van der Waals surface area contributed by atoms with Crippen LogP contribution >= 0.6 is 12.4 Å². The zero-order valence-electron chi connectivity index (χ0n) is 11.0. The van der Waals surface area contributed by atoms with E-state index in [1.54, 1.807) is 0 Å². The lowest BCUT2D eigenvalue weighted by Gasteiger charge is -2.07. The molecule has 112 valence electrons. The van der Waals surface area contributed by atoms with E-state index in [0.29, 0.717) is 13.1 Å². The van der Waals surface area contributed by atoms with Gasteiger partial charge in [0, 0.05) is 25.2 Å². The minimum Gasteiger partial charge on any atom is -0.353 e. The summed E-state index contributed by atoms with van der Waals surface area (Å²) < 4.78 is 1.01. The zero-order valence-corrected chi connectivity index (χ0v) is 11.8. The predicted octanol–water partition coefficient (Wildman–Crippen LogP) is -0.0960. The summed E-state index contributed by atoms with van der Waals surface area (Å²) in [6, 6.07) is 2.19. The van der Waals surface area contributed by atoms with Gasteiger partial charge >= 0.3 is 0 Å². The molecule has 1 aromatic heterocycles. The van der Waals surface area contributed by atoms with E-state index in [1.807, 2.05) is 6.92 Å². The Morgan fingerprint density at radius 2 is 2.10 bits per heavy atom. The number of nitrogens with zero attached hydrogens (tertiary/aromatic N) is 2. The zero-order chi connectivity index (χ0) is 14.3. The summed E-state index contributed by atoms with van der Waals surface area (Å²) in [5.41, 5.74) is -0.674. The van der Waals surface area contributed by atoms with Gasteiger partial charge in [0.05, 0.1) is 11.1 Å². The number of amides is 1. The van der Waals surface area contributed by atoms with Crippen molar-refractivity contribution in [2.75, 3.05) is 19.6 Å². The van der Waals surface area contributed by atoms with Crippen molar-refractivity contribution in [2.45, 2.75) is 13.5 Å². The van der Waals surface area contributed by atoms with Crippen molar-refractivity contribution in [3.05, 3.63) is 38.8 Å². The number of halogens is 1. The van der Waals surface area contributed by atoms with Gasteiger partial charge in [0.1, 0.15) is 6.54 Å². The van der Waals surface area contributed by atoms with Gasteiger partial charge in [-0.05, 0) is 6.54 Å². The maximum Gasteiger partial charge on any atom is 0.285 e. The topological polar surface area (TPSA) is 106 Å². The predicted molar refractivity (Wildman–Crippen MR) is 76.2 cm³/mol. The van der Waals surface area contributed by atoms with Crippen molar-refractivity contribution in [2.24, 2.45) is 0 Å². The van der Waals surface area contributed by atoms with Crippen LogP contribution in [0.1, 0.15) is 6.92 Å². The van der Waals surface area contributed by atoms with Gasteiger partial charge in [0.25, 0.3) is 11.2 Å². The molecule has 0 saturated heterocycles. The Balaban J connectivity index is 0.00000361. The Morgan fingerprint density at radius 3 is 2.70 bits per heavy atom. The maximum absolute atomic E-state index is 11.5. The molecule has 0 unspecified atom stereocenters. The molecule has 9 heteroatoms. The summed E-state index contributed by atoms with van der Waals surface area (Å²) in [4.78, 5) is 33.0. The van der Waals surface area contributed by atoms with Crippen LogP contribution in [-0.2, 0) is 11.3 Å². The normalized spacial score (nSPS) is 9.65. The van der Waals surface area contributed by atoms with E-state index in [-0.39, 0.29) is 30.5 Å². The lowest BCUT2D eigenvalue weighted by Crippen LogP contribution is -2.36. The summed E-state index contributed by atoms with van der Waals surface area (Å²) in [5, 5.41) is 16.2. The molecule has 20 heavy (non-hydrogen) atoms. The molecule has 0 aromatic carbocycles. The second-order valence-corrected chi connectivity index (χ2v) is 3.81. The van der Waals surface area contributed by atoms with E-state index in [9.17, 15) is 19.7 Å². The average Bonchev–Trinajstić information content (AvgIpc) is 2.37. The first kappa shape index (κ1) is 18.1. The van der Waals surface area contributed by atoms with Crippen LogP contribution in [0.3, 0.4) is 0 Å². The smallest absolute Gasteiger partial charge is 0.285 e. The molecule has 2 N–H and O–H groups in total. The third-order valence-corrected chi connectivity index (χ3v) is 2.37. The Morgan fingerprint density at radius 1 is 1.40 bits per heavy atom. The summed E-state index contributed by atoms with van der Waals surface area (Å²) in [6.07, 6.45) is 1.06. The fraction of sp³-hybridized carbons (Fsp3) is 0.455. The van der Waals surface area contributed by atoms with E-state index in [4.69, 9.17) is 0 Å². The summed E-state index contributed by atoms with van der Waals surface area (Å²) in [5.74, 6) is -0.361. The van der Waals surface area contributed by atoms with Crippen LogP contribution in [0.5, 0.6) is 0 Å². The molecule has 1 heterocycles. The minimum absolute atomic E-state index is 0. The van der Waals surface area contributed by atoms with Gasteiger partial charge in [-0.25, -0.2) is 0 Å². The van der Waals surface area contributed by atoms with Crippen molar-refractivity contribution in [1.29, 1.82) is 0 Å². The highest BCUT2D eigenvalue weighted by Crippen LogP contribution is 2.05. The number of hydrogen-bond donors (Lipinski definition) is 2. The number of pyridine rings is 1. The number of nitrogens with one attached hydrogen (secondary N) is 2. The van der Waals surface area contributed by atoms with Crippen molar-refractivity contribution in [3.63, 3.8) is 0 Å². The van der Waals surface area contributed by atoms with E-state index < -0.39 is 10.5 Å². The number of likely N-dealkylation sites (N-methyl/N-ethyl adjacent to an activating group) is 1. The molecule has 0 aliphatic rings. The van der Waals surface area contributed by atoms with Gasteiger partial charge in [-0.2, -0.15) is 0 Å². The molecule has 0 bridgehead atoms. The largest absolute Gasteiger partial charge is 0.353 e. The number of carbonyl (C=O) groups excluding carboxylic acids is 1. The molecule has 0 fully saturated rings. The lowest BCUT2D eigenvalue weighted by molar-refractivity contribution is -0.385. The lowest BCUT2D eigenvalue weighted by atomic mass is 10.4. The van der Waals surface area contributed by atoms with Crippen LogP contribution in [0, 0.1) is 10.1 Å². The number of aromatic nitrogens is 1. The van der Waals surface area contributed by atoms with Crippen LogP contribution in [0.15, 0.2) is 23.1 Å². The van der Waals surface area contributed by atoms with Crippen LogP contribution in [0.2, 0.25) is 0 Å². The summed E-state index contributed by atoms with van der Waals surface area (Å²) in [7, 11) is 0. The van der Waals surface area contributed by atoms with Gasteiger partial charge < -0.3 is 10.6 Å². The summed E-state index contributed by atoms with van der Waals surface area (Å²) in [6.45, 7) is 3.60. The van der Waals surface area contributed by atoms with Gasteiger partial charge in [0.15, 0.2) is 0 Å². The van der Waals surface area contributed by atoms with E-state index in [1.165, 1.54) is 0 Å². The molecule has 1 rings (SSSR count). The van der Waals surface area contributed by atoms with Crippen molar-refractivity contribution in [1.82, 2.24) is 15.2 Å². The number of carbonyl (C=O) groups is 1. The Bertz CT molecular complexity index is 517. The average molecular weight is 305 g/mol. The first-order valence-corrected chi connectivity index (χ1v) is 5.87. The highest BCUT2D eigenvalue weighted by atomic mass is 35.5. The second kappa shape index (κ2) is 9.05. The third-order valence-electron chi connectivity index (χ3n) is 2.37. The summed E-state index contributed by atoms with van der Waals surface area (Å²) >= 11 is 0. The maximum atomic E-state index is 11.5. The van der Waals surface area contributed by atoms with Gasteiger partial charge in [-0.1, -0.05) is 6.92 Å². The molecule has 0 atom stereocenters. The van der Waals surface area contributed by atoms with Crippen molar-refractivity contribution < 1.29 is 9.72 Å². The van der Waals surface area contributed by atoms with Gasteiger partial charge in [0.2, 0.25) is 5.91 Å². The molecule has 0 aliphatic heterocycles. The van der Waals surface area contributed by atoms with Crippen molar-refractivity contribution in [3.8, 4) is 0 Å². The fourth-order valence-corrected chi connectivity index (χ4v) is 1.43. The van der Waals surface area contributed by atoms with Gasteiger partial charge in [-0.15, -0.1) is 12.4 Å². The van der Waals surface area contributed by atoms with Crippen molar-refractivity contribution >= 4 is 24.0 Å². The van der Waals surface area contributed by atoms with Crippen LogP contribution in [0.25, 0.3) is 0 Å². The molecule has 0 aliphatic carbocycles. The quantitative estimate of drug-likeness (QED) is 0.416. The Labute approximate surface area is 121 Å². The van der Waals surface area contributed by atoms with Crippen LogP contribution in [0.4, 0.5) is 5.69 Å². The SMILES string of the molecule is CCNCCNC(=O)Cn1cc([N+](=O)[O-])ccc1=O.Cl.